The van der Waals surface area contributed by atoms with Crippen LogP contribution in [-0.2, 0) is 9.63 Å². The molecule has 108 valence electrons. The minimum Gasteiger partial charge on any atom is -0.479 e. The molecular formula is C13H17N3O4. The highest BCUT2D eigenvalue weighted by Gasteiger charge is 2.12. The molecule has 0 saturated carbocycles. The van der Waals surface area contributed by atoms with Gasteiger partial charge in [-0.15, -0.1) is 0 Å². The Morgan fingerprint density at radius 1 is 1.20 bits per heavy atom. The van der Waals surface area contributed by atoms with Crippen LogP contribution in [0.25, 0.3) is 0 Å². The first-order chi connectivity index (χ1) is 9.65. The van der Waals surface area contributed by atoms with Crippen LogP contribution in [0.2, 0.25) is 0 Å². The zero-order valence-electron chi connectivity index (χ0n) is 11.0. The van der Waals surface area contributed by atoms with Gasteiger partial charge in [0.2, 0.25) is 0 Å². The number of rotatable bonds is 5. The topological polar surface area (TPSA) is 90.9 Å². The monoisotopic (exact) mass is 279 g/mol. The Balaban J connectivity index is 1.80. The molecule has 1 aliphatic heterocycles. The van der Waals surface area contributed by atoms with Crippen molar-refractivity contribution in [3.8, 4) is 0 Å². The van der Waals surface area contributed by atoms with Crippen molar-refractivity contribution in [1.82, 2.24) is 5.48 Å². The van der Waals surface area contributed by atoms with Gasteiger partial charge >= 0.3 is 12.0 Å². The van der Waals surface area contributed by atoms with Gasteiger partial charge in [0, 0.05) is 24.5 Å². The van der Waals surface area contributed by atoms with E-state index in [1.54, 1.807) is 12.1 Å². The van der Waals surface area contributed by atoms with Crippen LogP contribution < -0.4 is 15.7 Å². The molecule has 1 aliphatic rings. The van der Waals surface area contributed by atoms with Crippen molar-refractivity contribution in [3.05, 3.63) is 24.3 Å². The smallest absolute Gasteiger partial charge is 0.343 e. The normalized spacial score (nSPS) is 14.1. The molecule has 2 amide bonds. The van der Waals surface area contributed by atoms with Crippen molar-refractivity contribution in [3.63, 3.8) is 0 Å². The fourth-order valence-electron chi connectivity index (χ4n) is 2.05. The highest BCUT2D eigenvalue weighted by molar-refractivity contribution is 5.88. The average molecular weight is 279 g/mol. The van der Waals surface area contributed by atoms with Gasteiger partial charge in [-0.1, -0.05) is 0 Å². The van der Waals surface area contributed by atoms with Gasteiger partial charge in [0.25, 0.3) is 0 Å². The first-order valence-corrected chi connectivity index (χ1v) is 6.41. The van der Waals surface area contributed by atoms with Gasteiger partial charge in [-0.05, 0) is 37.1 Å². The van der Waals surface area contributed by atoms with Crippen LogP contribution in [0.5, 0.6) is 0 Å². The standard InChI is InChI=1S/C13H17N3O4/c17-12(18)9-20-15-13(19)14-10-3-5-11(6-4-10)16-7-1-2-8-16/h3-6H,1-2,7-9H2,(H,17,18)(H2,14,15,19). The number of carboxylic acids is 1. The maximum atomic E-state index is 11.4. The first-order valence-electron chi connectivity index (χ1n) is 6.41. The number of carboxylic acid groups (broad SMARTS) is 1. The van der Waals surface area contributed by atoms with Crippen molar-refractivity contribution in [2.45, 2.75) is 12.8 Å². The predicted octanol–water partition coefficient (Wildman–Crippen LogP) is 1.42. The Morgan fingerprint density at radius 3 is 2.45 bits per heavy atom. The molecule has 0 atom stereocenters. The summed E-state index contributed by atoms with van der Waals surface area (Å²) in [5, 5.41) is 10.9. The van der Waals surface area contributed by atoms with E-state index < -0.39 is 18.6 Å². The van der Waals surface area contributed by atoms with Gasteiger partial charge in [-0.2, -0.15) is 0 Å². The van der Waals surface area contributed by atoms with E-state index in [1.165, 1.54) is 12.8 Å². The molecule has 1 heterocycles. The molecule has 3 N–H and O–H groups in total. The number of nitrogens with zero attached hydrogens (tertiary/aromatic N) is 1. The third-order valence-corrected chi connectivity index (χ3v) is 2.96. The summed E-state index contributed by atoms with van der Waals surface area (Å²) < 4.78 is 0. The lowest BCUT2D eigenvalue weighted by molar-refractivity contribution is -0.143. The Bertz CT molecular complexity index is 469. The molecule has 1 fully saturated rings. The lowest BCUT2D eigenvalue weighted by Gasteiger charge is -2.17. The van der Waals surface area contributed by atoms with Crippen LogP contribution >= 0.6 is 0 Å². The predicted molar refractivity (Wildman–Crippen MR) is 73.6 cm³/mol. The molecule has 1 aromatic rings. The van der Waals surface area contributed by atoms with Gasteiger partial charge in [0.1, 0.15) is 0 Å². The summed E-state index contributed by atoms with van der Waals surface area (Å²) in [5.74, 6) is -1.15. The van der Waals surface area contributed by atoms with Gasteiger partial charge in [0.15, 0.2) is 6.61 Å². The van der Waals surface area contributed by atoms with E-state index in [4.69, 9.17) is 5.11 Å². The third-order valence-electron chi connectivity index (χ3n) is 2.96. The quantitative estimate of drug-likeness (QED) is 0.709. The number of carbonyl (C=O) groups excluding carboxylic acids is 1. The second kappa shape index (κ2) is 6.76. The molecule has 0 spiro atoms. The maximum Gasteiger partial charge on any atom is 0.343 e. The van der Waals surface area contributed by atoms with Crippen molar-refractivity contribution < 1.29 is 19.5 Å². The van der Waals surface area contributed by atoms with E-state index in [2.05, 4.69) is 15.1 Å². The number of nitrogens with one attached hydrogen (secondary N) is 2. The summed E-state index contributed by atoms with van der Waals surface area (Å²) in [7, 11) is 0. The summed E-state index contributed by atoms with van der Waals surface area (Å²) in [5.41, 5.74) is 3.74. The fraction of sp³-hybridized carbons (Fsp3) is 0.385. The second-order valence-corrected chi connectivity index (χ2v) is 4.48. The number of urea groups is 1. The summed E-state index contributed by atoms with van der Waals surface area (Å²) in [6, 6.07) is 6.87. The van der Waals surface area contributed by atoms with Gasteiger partial charge in [-0.3, -0.25) is 4.84 Å². The molecule has 7 heteroatoms. The highest BCUT2D eigenvalue weighted by Crippen LogP contribution is 2.21. The minimum absolute atomic E-state index is 0.582. The zero-order chi connectivity index (χ0) is 14.4. The van der Waals surface area contributed by atoms with Crippen molar-refractivity contribution in [2.75, 3.05) is 29.9 Å². The van der Waals surface area contributed by atoms with E-state index in [1.807, 2.05) is 17.6 Å². The zero-order valence-corrected chi connectivity index (χ0v) is 11.0. The molecule has 0 bridgehead atoms. The summed E-state index contributed by atoms with van der Waals surface area (Å²) >= 11 is 0. The molecule has 0 radical (unpaired) electrons. The molecule has 7 nitrogen and oxygen atoms in total. The number of amides is 2. The molecule has 2 rings (SSSR count). The number of anilines is 2. The molecular weight excluding hydrogens is 262 g/mol. The van der Waals surface area contributed by atoms with E-state index in [9.17, 15) is 9.59 Å². The lowest BCUT2D eigenvalue weighted by Crippen LogP contribution is -2.30. The molecule has 1 saturated heterocycles. The molecule has 0 aliphatic carbocycles. The summed E-state index contributed by atoms with van der Waals surface area (Å²) in [4.78, 5) is 28.3. The highest BCUT2D eigenvalue weighted by atomic mass is 16.7. The van der Waals surface area contributed by atoms with Gasteiger partial charge < -0.3 is 15.3 Å². The van der Waals surface area contributed by atoms with E-state index in [-0.39, 0.29) is 0 Å². The Kier molecular flexibility index (Phi) is 4.78. The van der Waals surface area contributed by atoms with Crippen LogP contribution in [0.3, 0.4) is 0 Å². The van der Waals surface area contributed by atoms with Crippen LogP contribution in [-0.4, -0.2) is 36.8 Å². The van der Waals surface area contributed by atoms with Gasteiger partial charge in [0.05, 0.1) is 0 Å². The minimum atomic E-state index is -1.15. The SMILES string of the molecule is O=C(O)CONC(=O)Nc1ccc(N2CCCC2)cc1. The van der Waals surface area contributed by atoms with E-state index in [0.717, 1.165) is 18.8 Å². The van der Waals surface area contributed by atoms with E-state index >= 15 is 0 Å². The fourth-order valence-corrected chi connectivity index (χ4v) is 2.05. The van der Waals surface area contributed by atoms with Crippen LogP contribution in [0, 0.1) is 0 Å². The molecule has 0 unspecified atom stereocenters. The number of benzene rings is 1. The van der Waals surface area contributed by atoms with E-state index in [0.29, 0.717) is 5.69 Å². The van der Waals surface area contributed by atoms with Crippen LogP contribution in [0.4, 0.5) is 16.2 Å². The molecule has 20 heavy (non-hydrogen) atoms. The van der Waals surface area contributed by atoms with Crippen molar-refractivity contribution in [2.24, 2.45) is 0 Å². The average Bonchev–Trinajstić information content (AvgIpc) is 2.93. The molecule has 0 aromatic heterocycles. The van der Waals surface area contributed by atoms with Crippen LogP contribution in [0.15, 0.2) is 24.3 Å². The Hall–Kier alpha value is -2.28. The number of hydrogen-bond donors (Lipinski definition) is 3. The number of hydroxylamine groups is 1. The number of aliphatic carboxylic acids is 1. The Labute approximate surface area is 116 Å². The number of hydrogen-bond acceptors (Lipinski definition) is 4. The van der Waals surface area contributed by atoms with Crippen molar-refractivity contribution >= 4 is 23.4 Å². The number of carbonyl (C=O) groups is 2. The van der Waals surface area contributed by atoms with Crippen LogP contribution in [0.1, 0.15) is 12.8 Å². The second-order valence-electron chi connectivity index (χ2n) is 4.48. The lowest BCUT2D eigenvalue weighted by atomic mass is 10.2. The summed E-state index contributed by atoms with van der Waals surface area (Å²) in [6.07, 6.45) is 2.42. The molecule has 1 aromatic carbocycles. The Morgan fingerprint density at radius 2 is 1.85 bits per heavy atom. The largest absolute Gasteiger partial charge is 0.479 e. The third kappa shape index (κ3) is 4.13. The van der Waals surface area contributed by atoms with Gasteiger partial charge in [-0.25, -0.2) is 15.1 Å². The first kappa shape index (κ1) is 14.1. The summed E-state index contributed by atoms with van der Waals surface area (Å²) in [6.45, 7) is 1.55. The maximum absolute atomic E-state index is 11.4. The van der Waals surface area contributed by atoms with Crippen molar-refractivity contribution in [1.29, 1.82) is 0 Å².